The summed E-state index contributed by atoms with van der Waals surface area (Å²) in [5.74, 6) is 1.33. The average Bonchev–Trinajstić information content (AvgIpc) is 2.38. The van der Waals surface area contributed by atoms with Crippen LogP contribution < -0.4 is 10.6 Å². The largest absolute Gasteiger partial charge is 0.409 e. The number of nitrogens with two attached hydrogens (primary N) is 1. The number of benzene rings is 1. The van der Waals surface area contributed by atoms with E-state index in [0.717, 1.165) is 23.4 Å². The number of aryl methyl sites for hydroxylation is 1. The van der Waals surface area contributed by atoms with Gasteiger partial charge in [0.1, 0.15) is 0 Å². The summed E-state index contributed by atoms with van der Waals surface area (Å²) < 4.78 is 0. The van der Waals surface area contributed by atoms with E-state index in [1.807, 2.05) is 30.8 Å². The summed E-state index contributed by atoms with van der Waals surface area (Å²) in [7, 11) is 2.08. The van der Waals surface area contributed by atoms with Crippen LogP contribution in [0.1, 0.15) is 17.5 Å². The van der Waals surface area contributed by atoms with E-state index in [-0.39, 0.29) is 5.84 Å². The van der Waals surface area contributed by atoms with Gasteiger partial charge in [-0.3, -0.25) is 0 Å². The van der Waals surface area contributed by atoms with Crippen LogP contribution in [-0.2, 0) is 0 Å². The minimum Gasteiger partial charge on any atom is -0.409 e. The van der Waals surface area contributed by atoms with Gasteiger partial charge in [0.25, 0.3) is 0 Å². The van der Waals surface area contributed by atoms with Gasteiger partial charge in [-0.05, 0) is 49.1 Å². The van der Waals surface area contributed by atoms with Gasteiger partial charge in [-0.15, -0.1) is 0 Å². The predicted octanol–water partition coefficient (Wildman–Crippen LogP) is 2.28. The van der Waals surface area contributed by atoms with E-state index < -0.39 is 0 Å². The van der Waals surface area contributed by atoms with Gasteiger partial charge in [0.15, 0.2) is 5.84 Å². The molecule has 0 aliphatic carbocycles. The Kier molecular flexibility index (Phi) is 5.85. The van der Waals surface area contributed by atoms with Crippen LogP contribution in [0.4, 0.5) is 5.69 Å². The van der Waals surface area contributed by atoms with E-state index >= 15 is 0 Å². The molecule has 0 aliphatic rings. The Labute approximate surface area is 113 Å². The SMILES string of the molecule is CSCCCN(C)c1ccc(/C(N)=N/O)c(C)c1. The number of oxime groups is 1. The summed E-state index contributed by atoms with van der Waals surface area (Å²) in [5.41, 5.74) is 8.55. The molecule has 1 rings (SSSR count). The maximum Gasteiger partial charge on any atom is 0.170 e. The van der Waals surface area contributed by atoms with E-state index in [2.05, 4.69) is 29.4 Å². The Bertz CT molecular complexity index is 421. The maximum atomic E-state index is 8.68. The highest BCUT2D eigenvalue weighted by atomic mass is 32.2. The molecule has 0 heterocycles. The summed E-state index contributed by atoms with van der Waals surface area (Å²) in [6.45, 7) is 3.00. The van der Waals surface area contributed by atoms with Gasteiger partial charge in [0.05, 0.1) is 0 Å². The zero-order chi connectivity index (χ0) is 13.5. The first-order valence-electron chi connectivity index (χ1n) is 5.88. The number of hydrogen-bond acceptors (Lipinski definition) is 4. The van der Waals surface area contributed by atoms with Gasteiger partial charge in [-0.25, -0.2) is 0 Å². The molecule has 5 heteroatoms. The van der Waals surface area contributed by atoms with Crippen LogP contribution in [-0.4, -0.2) is 36.6 Å². The summed E-state index contributed by atoms with van der Waals surface area (Å²) in [4.78, 5) is 2.22. The smallest absolute Gasteiger partial charge is 0.170 e. The van der Waals surface area contributed by atoms with Crippen molar-refractivity contribution in [1.82, 2.24) is 0 Å². The van der Waals surface area contributed by atoms with Crippen LogP contribution in [0.5, 0.6) is 0 Å². The topological polar surface area (TPSA) is 61.8 Å². The van der Waals surface area contributed by atoms with Gasteiger partial charge >= 0.3 is 0 Å². The van der Waals surface area contributed by atoms with E-state index in [4.69, 9.17) is 10.9 Å². The third-order valence-electron chi connectivity index (χ3n) is 2.88. The molecule has 0 radical (unpaired) electrons. The third kappa shape index (κ3) is 3.84. The zero-order valence-electron chi connectivity index (χ0n) is 11.2. The highest BCUT2D eigenvalue weighted by Gasteiger charge is 2.07. The van der Waals surface area contributed by atoms with Crippen LogP contribution in [0.2, 0.25) is 0 Å². The lowest BCUT2D eigenvalue weighted by atomic mass is 10.1. The molecule has 4 nitrogen and oxygen atoms in total. The second-order valence-electron chi connectivity index (χ2n) is 4.25. The molecule has 18 heavy (non-hydrogen) atoms. The first-order valence-corrected chi connectivity index (χ1v) is 7.28. The molecule has 0 saturated heterocycles. The molecule has 0 aromatic heterocycles. The highest BCUT2D eigenvalue weighted by molar-refractivity contribution is 7.98. The molecular formula is C13H21N3OS. The summed E-state index contributed by atoms with van der Waals surface area (Å²) in [5, 5.41) is 11.7. The first kappa shape index (κ1) is 14.7. The molecule has 0 fully saturated rings. The number of rotatable bonds is 6. The lowest BCUT2D eigenvalue weighted by Gasteiger charge is -2.20. The monoisotopic (exact) mass is 267 g/mol. The molecule has 100 valence electrons. The lowest BCUT2D eigenvalue weighted by molar-refractivity contribution is 0.318. The molecule has 0 unspecified atom stereocenters. The number of nitrogens with zero attached hydrogens (tertiary/aromatic N) is 2. The summed E-state index contributed by atoms with van der Waals surface area (Å²) >= 11 is 1.86. The van der Waals surface area contributed by atoms with E-state index in [1.165, 1.54) is 12.2 Å². The third-order valence-corrected chi connectivity index (χ3v) is 3.57. The van der Waals surface area contributed by atoms with Crippen molar-refractivity contribution < 1.29 is 5.21 Å². The molecular weight excluding hydrogens is 246 g/mol. The van der Waals surface area contributed by atoms with Crippen LogP contribution >= 0.6 is 11.8 Å². The molecule has 0 atom stereocenters. The summed E-state index contributed by atoms with van der Waals surface area (Å²) in [6, 6.07) is 5.96. The van der Waals surface area contributed by atoms with Crippen molar-refractivity contribution >= 4 is 23.3 Å². The van der Waals surface area contributed by atoms with Gasteiger partial charge in [-0.2, -0.15) is 11.8 Å². The van der Waals surface area contributed by atoms with Crippen LogP contribution in [0.25, 0.3) is 0 Å². The van der Waals surface area contributed by atoms with Crippen molar-refractivity contribution in [1.29, 1.82) is 0 Å². The second kappa shape index (κ2) is 7.16. The van der Waals surface area contributed by atoms with Crippen molar-refractivity contribution in [3.8, 4) is 0 Å². The Hall–Kier alpha value is -1.36. The number of anilines is 1. The fourth-order valence-electron chi connectivity index (χ4n) is 1.80. The molecule has 0 aliphatic heterocycles. The van der Waals surface area contributed by atoms with Gasteiger partial charge in [0.2, 0.25) is 0 Å². The number of hydrogen-bond donors (Lipinski definition) is 2. The molecule has 1 aromatic carbocycles. The molecule has 0 bridgehead atoms. The Balaban J connectivity index is 2.77. The van der Waals surface area contributed by atoms with Gasteiger partial charge < -0.3 is 15.8 Å². The van der Waals surface area contributed by atoms with E-state index in [1.54, 1.807) is 0 Å². The Morgan fingerprint density at radius 3 is 2.78 bits per heavy atom. The van der Waals surface area contributed by atoms with E-state index in [9.17, 15) is 0 Å². The highest BCUT2D eigenvalue weighted by Crippen LogP contribution is 2.18. The second-order valence-corrected chi connectivity index (χ2v) is 5.24. The fourth-order valence-corrected chi connectivity index (χ4v) is 2.22. The predicted molar refractivity (Wildman–Crippen MR) is 80.0 cm³/mol. The minimum atomic E-state index is 0.157. The normalized spacial score (nSPS) is 11.6. The standard InChI is InChI=1S/C13H21N3OS/c1-10-9-11(16(2)7-4-8-18-3)5-6-12(10)13(14)15-17/h5-6,9,17H,4,7-8H2,1-3H3,(H2,14,15). The van der Waals surface area contributed by atoms with Crippen LogP contribution in [0.3, 0.4) is 0 Å². The van der Waals surface area contributed by atoms with Gasteiger partial charge in [-0.1, -0.05) is 5.16 Å². The van der Waals surface area contributed by atoms with Crippen molar-refractivity contribution in [2.75, 3.05) is 30.5 Å². The number of amidine groups is 1. The zero-order valence-corrected chi connectivity index (χ0v) is 12.0. The number of thioether (sulfide) groups is 1. The van der Waals surface area contributed by atoms with Gasteiger partial charge in [0, 0.05) is 24.8 Å². The molecule has 3 N–H and O–H groups in total. The van der Waals surface area contributed by atoms with E-state index in [0.29, 0.717) is 0 Å². The molecule has 0 amide bonds. The average molecular weight is 267 g/mol. The maximum absolute atomic E-state index is 8.68. The molecule has 0 spiro atoms. The Morgan fingerprint density at radius 2 is 2.22 bits per heavy atom. The molecule has 0 saturated carbocycles. The summed E-state index contributed by atoms with van der Waals surface area (Å²) in [6.07, 6.45) is 3.29. The Morgan fingerprint density at radius 1 is 1.50 bits per heavy atom. The van der Waals surface area contributed by atoms with Crippen LogP contribution in [0, 0.1) is 6.92 Å². The molecule has 1 aromatic rings. The minimum absolute atomic E-state index is 0.157. The van der Waals surface area contributed by atoms with Crippen molar-refractivity contribution in [2.45, 2.75) is 13.3 Å². The first-order chi connectivity index (χ1) is 8.60. The van der Waals surface area contributed by atoms with Crippen molar-refractivity contribution in [3.63, 3.8) is 0 Å². The van der Waals surface area contributed by atoms with Crippen molar-refractivity contribution in [3.05, 3.63) is 29.3 Å². The lowest BCUT2D eigenvalue weighted by Crippen LogP contribution is -2.20. The fraction of sp³-hybridized carbons (Fsp3) is 0.462. The quantitative estimate of drug-likeness (QED) is 0.273. The van der Waals surface area contributed by atoms with Crippen LogP contribution in [0.15, 0.2) is 23.4 Å². The van der Waals surface area contributed by atoms with Crippen molar-refractivity contribution in [2.24, 2.45) is 10.9 Å².